The van der Waals surface area contributed by atoms with Gasteiger partial charge in [0.05, 0.1) is 11.0 Å². The van der Waals surface area contributed by atoms with Crippen LogP contribution in [-0.2, 0) is 6.54 Å². The molecule has 0 saturated carbocycles. The van der Waals surface area contributed by atoms with E-state index in [9.17, 15) is 23.7 Å². The fourth-order valence-electron chi connectivity index (χ4n) is 5.28. The quantitative estimate of drug-likeness (QED) is 0.492. The first-order valence-electron chi connectivity index (χ1n) is 11.3. The molecule has 2 fully saturated rings. The minimum absolute atomic E-state index is 0.00724. The molecule has 0 N–H and O–H groups in total. The molecule has 0 bridgehead atoms. The van der Waals surface area contributed by atoms with E-state index in [1.54, 1.807) is 6.07 Å². The van der Waals surface area contributed by atoms with Crippen LogP contribution in [0.5, 0.6) is 11.5 Å². The van der Waals surface area contributed by atoms with E-state index in [2.05, 4.69) is 4.90 Å². The summed E-state index contributed by atoms with van der Waals surface area (Å²) >= 11 is 0. The maximum atomic E-state index is 14.4. The molecule has 2 aromatic rings. The summed E-state index contributed by atoms with van der Waals surface area (Å²) in [7, 11) is 0. The van der Waals surface area contributed by atoms with Gasteiger partial charge in [-0.2, -0.15) is 0 Å². The van der Waals surface area contributed by atoms with Crippen LogP contribution in [0.4, 0.5) is 14.5 Å². The maximum Gasteiger partial charge on any atom is 0.277 e. The Morgan fingerprint density at radius 3 is 2.50 bits per heavy atom. The molecule has 34 heavy (non-hydrogen) atoms. The average Bonchev–Trinajstić information content (AvgIpc) is 3.43. The largest absolute Gasteiger partial charge is 0.454 e. The number of nitro benzene ring substituents is 1. The van der Waals surface area contributed by atoms with E-state index in [1.165, 1.54) is 24.0 Å². The average molecular weight is 473 g/mol. The van der Waals surface area contributed by atoms with Crippen molar-refractivity contribution in [1.29, 1.82) is 0 Å². The minimum atomic E-state index is -0.842. The highest BCUT2D eigenvalue weighted by atomic mass is 19.1. The van der Waals surface area contributed by atoms with Crippen LogP contribution >= 0.6 is 0 Å². The lowest BCUT2D eigenvalue weighted by molar-refractivity contribution is -0.385. The highest BCUT2D eigenvalue weighted by Gasteiger charge is 2.42. The molecule has 5 rings (SSSR count). The Morgan fingerprint density at radius 1 is 1.12 bits per heavy atom. The second kappa shape index (κ2) is 8.50. The van der Waals surface area contributed by atoms with Gasteiger partial charge in [-0.05, 0) is 55.8 Å². The Bertz CT molecular complexity index is 1160. The first-order valence-corrected chi connectivity index (χ1v) is 11.3. The number of benzene rings is 2. The van der Waals surface area contributed by atoms with Gasteiger partial charge >= 0.3 is 0 Å². The Morgan fingerprint density at radius 2 is 1.79 bits per heavy atom. The molecule has 10 heteroatoms. The van der Waals surface area contributed by atoms with Crippen LogP contribution in [0.1, 0.15) is 40.7 Å². The van der Waals surface area contributed by atoms with E-state index in [0.29, 0.717) is 49.5 Å². The normalized spacial score (nSPS) is 19.1. The lowest BCUT2D eigenvalue weighted by Gasteiger charge is -2.39. The molecule has 2 saturated heterocycles. The van der Waals surface area contributed by atoms with Gasteiger partial charge in [0.25, 0.3) is 11.6 Å². The monoisotopic (exact) mass is 473 g/mol. The number of carbonyl (C=O) groups excluding carboxylic acids is 1. The SMILES string of the molecule is Cc1ccc(F)c(C(=O)N2CCC3(CCN(Cc4cc5c(cc4[N+](=O)[O-])OCO5)C3)CC2)c1F. The summed E-state index contributed by atoms with van der Waals surface area (Å²) < 4.78 is 39.3. The fraction of sp³-hybridized carbons (Fsp3) is 0.458. The van der Waals surface area contributed by atoms with Crippen molar-refractivity contribution in [2.24, 2.45) is 5.41 Å². The summed E-state index contributed by atoms with van der Waals surface area (Å²) in [5.74, 6) is -1.36. The molecular weight excluding hydrogens is 448 g/mol. The molecule has 180 valence electrons. The molecule has 0 atom stereocenters. The third-order valence-electron chi connectivity index (χ3n) is 7.29. The van der Waals surface area contributed by atoms with Gasteiger partial charge in [-0.15, -0.1) is 0 Å². The van der Waals surface area contributed by atoms with E-state index in [0.717, 1.165) is 25.6 Å². The summed E-state index contributed by atoms with van der Waals surface area (Å²) in [6, 6.07) is 5.54. The summed E-state index contributed by atoms with van der Waals surface area (Å²) in [6.07, 6.45) is 2.33. The number of likely N-dealkylation sites (tertiary alicyclic amines) is 2. The number of hydrogen-bond acceptors (Lipinski definition) is 6. The van der Waals surface area contributed by atoms with Gasteiger partial charge in [0.2, 0.25) is 6.79 Å². The minimum Gasteiger partial charge on any atom is -0.454 e. The van der Waals surface area contributed by atoms with Crippen LogP contribution in [0.25, 0.3) is 0 Å². The van der Waals surface area contributed by atoms with E-state index in [1.807, 2.05) is 0 Å². The van der Waals surface area contributed by atoms with Gasteiger partial charge in [-0.1, -0.05) is 6.07 Å². The van der Waals surface area contributed by atoms with Gasteiger partial charge in [-0.3, -0.25) is 19.8 Å². The molecule has 3 aliphatic heterocycles. The van der Waals surface area contributed by atoms with E-state index >= 15 is 0 Å². The number of carbonyl (C=O) groups is 1. The Balaban J connectivity index is 1.25. The smallest absolute Gasteiger partial charge is 0.277 e. The van der Waals surface area contributed by atoms with E-state index in [-0.39, 0.29) is 23.5 Å². The molecule has 1 amide bonds. The third-order valence-corrected chi connectivity index (χ3v) is 7.29. The number of nitrogens with zero attached hydrogens (tertiary/aromatic N) is 3. The van der Waals surface area contributed by atoms with E-state index < -0.39 is 28.0 Å². The summed E-state index contributed by atoms with van der Waals surface area (Å²) in [6.45, 7) is 4.33. The number of fused-ring (bicyclic) bond motifs is 1. The standard InChI is InChI=1S/C24H25F2N3O5/c1-15-2-3-17(25)21(22(15)26)23(30)28-8-5-24(6-9-28)4-7-27(13-24)12-16-10-19-20(34-14-33-19)11-18(16)29(31)32/h2-3,10-11H,4-9,12-14H2,1H3. The molecule has 3 heterocycles. The number of rotatable bonds is 4. The topological polar surface area (TPSA) is 85.2 Å². The Kier molecular flexibility index (Phi) is 5.63. The number of hydrogen-bond donors (Lipinski definition) is 0. The van der Waals surface area contributed by atoms with Crippen LogP contribution in [-0.4, -0.2) is 53.6 Å². The van der Waals surface area contributed by atoms with Gasteiger partial charge in [0, 0.05) is 31.7 Å². The van der Waals surface area contributed by atoms with Gasteiger partial charge < -0.3 is 14.4 Å². The summed E-state index contributed by atoms with van der Waals surface area (Å²) in [5.41, 5.74) is 0.310. The lowest BCUT2D eigenvalue weighted by Crippen LogP contribution is -2.44. The van der Waals surface area contributed by atoms with Crippen LogP contribution in [0.3, 0.4) is 0 Å². The first kappa shape index (κ1) is 22.5. The molecule has 0 aliphatic carbocycles. The van der Waals surface area contributed by atoms with Crippen molar-refractivity contribution in [1.82, 2.24) is 9.80 Å². The van der Waals surface area contributed by atoms with E-state index in [4.69, 9.17) is 9.47 Å². The summed E-state index contributed by atoms with van der Waals surface area (Å²) in [4.78, 5) is 27.7. The number of aryl methyl sites for hydroxylation is 1. The van der Waals surface area contributed by atoms with Gasteiger partial charge in [0.15, 0.2) is 11.5 Å². The number of piperidine rings is 1. The van der Waals surface area contributed by atoms with Crippen LogP contribution in [0, 0.1) is 34.1 Å². The van der Waals surface area contributed by atoms with Crippen molar-refractivity contribution >= 4 is 11.6 Å². The van der Waals surface area contributed by atoms with Crippen molar-refractivity contribution < 1.29 is 28.0 Å². The molecular formula is C24H25F2N3O5. The van der Waals surface area contributed by atoms with Crippen molar-refractivity contribution in [3.63, 3.8) is 0 Å². The molecule has 3 aliphatic rings. The molecule has 2 aromatic carbocycles. The van der Waals surface area contributed by atoms with Crippen molar-refractivity contribution in [3.8, 4) is 11.5 Å². The zero-order valence-electron chi connectivity index (χ0n) is 18.8. The predicted octanol–water partition coefficient (Wildman–Crippen LogP) is 4.04. The van der Waals surface area contributed by atoms with Crippen LogP contribution < -0.4 is 9.47 Å². The molecule has 0 aromatic heterocycles. The first-order chi connectivity index (χ1) is 16.3. The molecule has 0 unspecified atom stereocenters. The van der Waals surface area contributed by atoms with Gasteiger partial charge in [-0.25, -0.2) is 8.78 Å². The number of halogens is 2. The number of amides is 1. The second-order valence-electron chi connectivity index (χ2n) is 9.40. The number of ether oxygens (including phenoxy) is 2. The summed E-state index contributed by atoms with van der Waals surface area (Å²) in [5, 5.41) is 11.6. The number of nitro groups is 1. The van der Waals surface area contributed by atoms with Crippen LogP contribution in [0.15, 0.2) is 24.3 Å². The molecule has 1 spiro atoms. The Labute approximate surface area is 195 Å². The zero-order chi connectivity index (χ0) is 24.0. The maximum absolute atomic E-state index is 14.4. The molecule has 8 nitrogen and oxygen atoms in total. The predicted molar refractivity (Wildman–Crippen MR) is 118 cm³/mol. The lowest BCUT2D eigenvalue weighted by atomic mass is 9.77. The molecule has 0 radical (unpaired) electrons. The van der Waals surface area contributed by atoms with Crippen molar-refractivity contribution in [2.75, 3.05) is 33.0 Å². The van der Waals surface area contributed by atoms with Crippen molar-refractivity contribution in [3.05, 3.63) is 62.7 Å². The zero-order valence-corrected chi connectivity index (χ0v) is 18.8. The van der Waals surface area contributed by atoms with Gasteiger partial charge in [0.1, 0.15) is 17.2 Å². The van der Waals surface area contributed by atoms with Crippen LogP contribution in [0.2, 0.25) is 0 Å². The highest BCUT2D eigenvalue weighted by molar-refractivity contribution is 5.95. The van der Waals surface area contributed by atoms with Crippen molar-refractivity contribution in [2.45, 2.75) is 32.7 Å². The highest BCUT2D eigenvalue weighted by Crippen LogP contribution is 2.43. The third kappa shape index (κ3) is 3.96. The second-order valence-corrected chi connectivity index (χ2v) is 9.40. The Hall–Kier alpha value is -3.27. The fourth-order valence-corrected chi connectivity index (χ4v) is 5.28.